The molecule has 3 rings (SSSR count). The normalized spacial score (nSPS) is 37.5. The first-order valence-electron chi connectivity index (χ1n) is 8.80. The van der Waals surface area contributed by atoms with Gasteiger partial charge in [-0.25, -0.2) is 0 Å². The van der Waals surface area contributed by atoms with Crippen molar-refractivity contribution in [1.29, 1.82) is 0 Å². The fourth-order valence-electron chi connectivity index (χ4n) is 4.91. The first-order chi connectivity index (χ1) is 10.9. The maximum absolute atomic E-state index is 11.4. The van der Waals surface area contributed by atoms with Crippen molar-refractivity contribution in [1.82, 2.24) is 0 Å². The maximum atomic E-state index is 11.4. The zero-order chi connectivity index (χ0) is 16.7. The number of hydrogen-bond acceptors (Lipinski definition) is 2. The minimum Gasteiger partial charge on any atom is -0.389 e. The van der Waals surface area contributed by atoms with Gasteiger partial charge in [-0.1, -0.05) is 42.8 Å². The van der Waals surface area contributed by atoms with E-state index in [1.165, 1.54) is 11.1 Å². The third-order valence-electron chi connectivity index (χ3n) is 6.51. The molecule has 1 aromatic rings. The van der Waals surface area contributed by atoms with Crippen LogP contribution in [0.15, 0.2) is 35.9 Å². The number of carbonyl (C=O) groups excluding carboxylic acids is 1. The standard InChI is InChI=1S/C21H28O2/c1-15-5-4-6-17(11-15)18-7-9-20(3)19(12-16(2)14-22)8-10-21(20,23)13-18/h4-6,11-12,14,18-19,23H,7-10,13H2,1-3H3/b16-12+/t18-,19+,20+,21-/m0/s1. The summed E-state index contributed by atoms with van der Waals surface area (Å²) < 4.78 is 0. The molecule has 2 heteroatoms. The predicted molar refractivity (Wildman–Crippen MR) is 93.4 cm³/mol. The lowest BCUT2D eigenvalue weighted by atomic mass is 9.59. The number of benzene rings is 1. The Morgan fingerprint density at radius 2 is 2.09 bits per heavy atom. The molecule has 1 aromatic carbocycles. The molecule has 0 amide bonds. The van der Waals surface area contributed by atoms with Gasteiger partial charge in [-0.3, -0.25) is 4.79 Å². The van der Waals surface area contributed by atoms with Crippen molar-refractivity contribution < 1.29 is 9.90 Å². The van der Waals surface area contributed by atoms with Crippen molar-refractivity contribution in [3.8, 4) is 0 Å². The van der Waals surface area contributed by atoms with Crippen molar-refractivity contribution in [2.45, 2.75) is 64.4 Å². The van der Waals surface area contributed by atoms with Gasteiger partial charge in [-0.15, -0.1) is 0 Å². The van der Waals surface area contributed by atoms with E-state index >= 15 is 0 Å². The van der Waals surface area contributed by atoms with Gasteiger partial charge in [0.25, 0.3) is 0 Å². The SMILES string of the molecule is C/C(C=O)=C\[C@H]1CC[C@]2(O)C[C@@H](c3cccc(C)c3)CC[C@]12C. The van der Waals surface area contributed by atoms with Gasteiger partial charge in [0.2, 0.25) is 0 Å². The molecule has 0 aromatic heterocycles. The van der Waals surface area contributed by atoms with E-state index in [9.17, 15) is 9.90 Å². The zero-order valence-electron chi connectivity index (χ0n) is 14.5. The average Bonchev–Trinajstić information content (AvgIpc) is 2.78. The summed E-state index contributed by atoms with van der Waals surface area (Å²) in [4.78, 5) is 11.0. The molecule has 2 aliphatic rings. The molecule has 0 saturated heterocycles. The number of aliphatic hydroxyl groups is 1. The summed E-state index contributed by atoms with van der Waals surface area (Å²) in [5, 5.41) is 11.4. The number of hydrogen-bond donors (Lipinski definition) is 1. The van der Waals surface area contributed by atoms with Gasteiger partial charge in [-0.05, 0) is 68.9 Å². The number of allylic oxidation sites excluding steroid dienone is 2. The lowest BCUT2D eigenvalue weighted by Gasteiger charge is -2.49. The van der Waals surface area contributed by atoms with Crippen molar-refractivity contribution in [3.63, 3.8) is 0 Å². The molecule has 2 nitrogen and oxygen atoms in total. The number of aryl methyl sites for hydroxylation is 1. The first kappa shape index (κ1) is 16.4. The van der Waals surface area contributed by atoms with Gasteiger partial charge < -0.3 is 5.11 Å². The van der Waals surface area contributed by atoms with Crippen LogP contribution in [-0.4, -0.2) is 17.0 Å². The molecule has 0 heterocycles. The average molecular weight is 312 g/mol. The second-order valence-electron chi connectivity index (χ2n) is 7.98. The molecule has 0 bridgehead atoms. The third-order valence-corrected chi connectivity index (χ3v) is 6.51. The molecule has 4 atom stereocenters. The van der Waals surface area contributed by atoms with Crippen LogP contribution in [0.3, 0.4) is 0 Å². The van der Waals surface area contributed by atoms with Crippen LogP contribution >= 0.6 is 0 Å². The highest BCUT2D eigenvalue weighted by atomic mass is 16.3. The Kier molecular flexibility index (Phi) is 4.22. The van der Waals surface area contributed by atoms with Crippen LogP contribution in [0.5, 0.6) is 0 Å². The van der Waals surface area contributed by atoms with E-state index in [0.717, 1.165) is 44.0 Å². The lowest BCUT2D eigenvalue weighted by Crippen LogP contribution is -2.49. The highest BCUT2D eigenvalue weighted by Crippen LogP contribution is 2.61. The largest absolute Gasteiger partial charge is 0.389 e. The molecule has 0 aliphatic heterocycles. The number of rotatable bonds is 3. The fraction of sp³-hybridized carbons (Fsp3) is 0.571. The molecule has 2 fully saturated rings. The Balaban J connectivity index is 1.85. The summed E-state index contributed by atoms with van der Waals surface area (Å²) in [5.41, 5.74) is 2.74. The minimum atomic E-state index is -0.607. The van der Waals surface area contributed by atoms with Crippen LogP contribution in [0, 0.1) is 18.3 Å². The molecule has 124 valence electrons. The first-order valence-corrected chi connectivity index (χ1v) is 8.80. The van der Waals surface area contributed by atoms with Gasteiger partial charge in [0.15, 0.2) is 0 Å². The third kappa shape index (κ3) is 2.78. The van der Waals surface area contributed by atoms with E-state index < -0.39 is 5.60 Å². The van der Waals surface area contributed by atoms with E-state index in [-0.39, 0.29) is 5.41 Å². The van der Waals surface area contributed by atoms with E-state index in [1.54, 1.807) is 0 Å². The summed E-state index contributed by atoms with van der Waals surface area (Å²) >= 11 is 0. The molecule has 2 saturated carbocycles. The van der Waals surface area contributed by atoms with E-state index in [4.69, 9.17) is 0 Å². The molecule has 1 N–H and O–H groups in total. The van der Waals surface area contributed by atoms with Crippen molar-refractivity contribution in [3.05, 3.63) is 47.0 Å². The van der Waals surface area contributed by atoms with Gasteiger partial charge in [-0.2, -0.15) is 0 Å². The summed E-state index contributed by atoms with van der Waals surface area (Å²) in [6.45, 7) is 6.22. The Hall–Kier alpha value is -1.41. The van der Waals surface area contributed by atoms with E-state index in [0.29, 0.717) is 11.8 Å². The Morgan fingerprint density at radius 3 is 2.78 bits per heavy atom. The van der Waals surface area contributed by atoms with Crippen molar-refractivity contribution >= 4 is 6.29 Å². The van der Waals surface area contributed by atoms with Crippen LogP contribution in [-0.2, 0) is 4.79 Å². The molecule has 23 heavy (non-hydrogen) atoms. The van der Waals surface area contributed by atoms with Crippen molar-refractivity contribution in [2.24, 2.45) is 11.3 Å². The number of carbonyl (C=O) groups is 1. The topological polar surface area (TPSA) is 37.3 Å². The molecule has 0 spiro atoms. The highest BCUT2D eigenvalue weighted by molar-refractivity contribution is 5.72. The summed E-state index contributed by atoms with van der Waals surface area (Å²) in [5.74, 6) is 0.763. The lowest BCUT2D eigenvalue weighted by molar-refractivity contribution is -0.105. The van der Waals surface area contributed by atoms with Crippen molar-refractivity contribution in [2.75, 3.05) is 0 Å². The monoisotopic (exact) mass is 312 g/mol. The Bertz CT molecular complexity index is 632. The molecular weight excluding hydrogens is 284 g/mol. The molecule has 0 unspecified atom stereocenters. The Morgan fingerprint density at radius 1 is 1.30 bits per heavy atom. The zero-order valence-corrected chi connectivity index (χ0v) is 14.5. The number of aldehydes is 1. The predicted octanol–water partition coefficient (Wildman–Crippen LogP) is 4.56. The molecule has 0 radical (unpaired) electrons. The van der Waals surface area contributed by atoms with Gasteiger partial charge in [0, 0.05) is 5.41 Å². The second-order valence-corrected chi connectivity index (χ2v) is 7.98. The highest BCUT2D eigenvalue weighted by Gasteiger charge is 2.58. The van der Waals surface area contributed by atoms with Gasteiger partial charge in [0.05, 0.1) is 5.60 Å². The van der Waals surface area contributed by atoms with E-state index in [2.05, 4.69) is 44.2 Å². The van der Waals surface area contributed by atoms with Crippen LogP contribution in [0.4, 0.5) is 0 Å². The summed E-state index contributed by atoms with van der Waals surface area (Å²) in [7, 11) is 0. The quantitative estimate of drug-likeness (QED) is 0.656. The molecular formula is C21H28O2. The van der Waals surface area contributed by atoms with E-state index in [1.807, 2.05) is 6.92 Å². The second kappa shape index (κ2) is 5.90. The Labute approximate surface area is 139 Å². The van der Waals surface area contributed by atoms with Gasteiger partial charge >= 0.3 is 0 Å². The smallest absolute Gasteiger partial charge is 0.145 e. The number of fused-ring (bicyclic) bond motifs is 1. The van der Waals surface area contributed by atoms with Gasteiger partial charge in [0.1, 0.15) is 6.29 Å². The summed E-state index contributed by atoms with van der Waals surface area (Å²) in [6, 6.07) is 8.71. The van der Waals surface area contributed by atoms with Crippen LogP contribution in [0.1, 0.15) is 63.0 Å². The van der Waals surface area contributed by atoms with Crippen LogP contribution in [0.2, 0.25) is 0 Å². The van der Waals surface area contributed by atoms with Crippen LogP contribution in [0.25, 0.3) is 0 Å². The fourth-order valence-corrected chi connectivity index (χ4v) is 4.91. The minimum absolute atomic E-state index is 0.0996. The maximum Gasteiger partial charge on any atom is 0.145 e. The molecule has 2 aliphatic carbocycles. The summed E-state index contributed by atoms with van der Waals surface area (Å²) in [6.07, 6.45) is 7.84. The van der Waals surface area contributed by atoms with Crippen LogP contribution < -0.4 is 0 Å².